The molecule has 0 unspecified atom stereocenters. The van der Waals surface area contributed by atoms with Gasteiger partial charge in [0.1, 0.15) is 44.0 Å². The van der Waals surface area contributed by atoms with E-state index < -0.39 is 40.4 Å². The summed E-state index contributed by atoms with van der Waals surface area (Å²) in [6, 6.07) is 18.8. The van der Waals surface area contributed by atoms with Crippen LogP contribution in [-0.2, 0) is 29.8 Å². The number of rotatable bonds is 12. The van der Waals surface area contributed by atoms with Crippen molar-refractivity contribution in [2.75, 3.05) is 23.9 Å². The Bertz CT molecular complexity index is 2610. The summed E-state index contributed by atoms with van der Waals surface area (Å²) in [5.74, 6) is -1.44. The number of azo groups is 2. The fraction of sp³-hybridized carbons (Fsp3) is 0.176. The minimum absolute atomic E-state index is 0.0419. The van der Waals surface area contributed by atoms with E-state index in [9.17, 15) is 40.0 Å². The zero-order chi connectivity index (χ0) is 38.0. The third-order valence-electron chi connectivity index (χ3n) is 7.87. The molecule has 5 aromatic carbocycles. The van der Waals surface area contributed by atoms with Crippen molar-refractivity contribution >= 4 is 74.7 Å². The van der Waals surface area contributed by atoms with Gasteiger partial charge in [-0.15, -0.1) is 20.5 Å². The van der Waals surface area contributed by atoms with Gasteiger partial charge in [-0.1, -0.05) is 26.0 Å². The number of nitrogens with one attached hydrogen (secondary N) is 1. The second kappa shape index (κ2) is 14.7. The Kier molecular flexibility index (Phi) is 10.7. The number of hydrogen-bond donors (Lipinski definition) is 4. The number of hydrogen-bond acceptors (Lipinski definition) is 14. The van der Waals surface area contributed by atoms with Gasteiger partial charge >= 0.3 is 0 Å². The lowest BCUT2D eigenvalue weighted by atomic mass is 10.0. The van der Waals surface area contributed by atoms with E-state index >= 15 is 0 Å². The Hall–Kier alpha value is -5.43. The maximum atomic E-state index is 12.5. The molecule has 0 saturated carbocycles. The number of benzene rings is 5. The summed E-state index contributed by atoms with van der Waals surface area (Å²) in [6.07, 6.45) is 0. The standard InChI is InChI=1S/C34H33N5O10S3/c1-5-50(42,43)22-10-13-25(31(17-22)52(46,47)48)36-39-33-23-11-15-27(34(41)24(23)12-14-26(33)35-21-9-7-8-20(3)16-21)37-38-28-18-30(49-4)32(19-29(28)40)51(44,45)6-2/h7-19,35,40-41H,5-6H2,1-4H3,(H,46,47,48)/b38-37+,39-36+. The van der Waals surface area contributed by atoms with Crippen LogP contribution >= 0.6 is 0 Å². The van der Waals surface area contributed by atoms with Crippen molar-refractivity contribution in [1.29, 1.82) is 0 Å². The predicted octanol–water partition coefficient (Wildman–Crippen LogP) is 7.98. The highest BCUT2D eigenvalue weighted by atomic mass is 32.2. The van der Waals surface area contributed by atoms with E-state index in [-0.39, 0.29) is 60.9 Å². The van der Waals surface area contributed by atoms with Crippen LogP contribution in [0.4, 0.5) is 34.1 Å². The van der Waals surface area contributed by atoms with Crippen molar-refractivity contribution in [1.82, 2.24) is 0 Å². The molecule has 5 aromatic rings. The Morgan fingerprint density at radius 2 is 1.35 bits per heavy atom. The van der Waals surface area contributed by atoms with Crippen molar-refractivity contribution in [3.63, 3.8) is 0 Å². The van der Waals surface area contributed by atoms with E-state index in [1.165, 1.54) is 39.2 Å². The average Bonchev–Trinajstić information content (AvgIpc) is 3.10. The minimum Gasteiger partial charge on any atom is -0.506 e. The largest absolute Gasteiger partial charge is 0.506 e. The molecule has 0 spiro atoms. The number of nitrogens with zero attached hydrogens (tertiary/aromatic N) is 4. The topological polar surface area (TPSA) is 234 Å². The number of aryl methyl sites for hydroxylation is 1. The Morgan fingerprint density at radius 3 is 2.00 bits per heavy atom. The van der Waals surface area contributed by atoms with Crippen molar-refractivity contribution in [2.24, 2.45) is 20.5 Å². The van der Waals surface area contributed by atoms with E-state index in [0.717, 1.165) is 29.8 Å². The zero-order valence-electron chi connectivity index (χ0n) is 28.1. The smallest absolute Gasteiger partial charge is 0.296 e. The molecule has 0 aliphatic carbocycles. The Labute approximate surface area is 299 Å². The molecule has 0 amide bonds. The monoisotopic (exact) mass is 767 g/mol. The van der Waals surface area contributed by atoms with Crippen LogP contribution in [0.15, 0.2) is 114 Å². The van der Waals surface area contributed by atoms with Crippen LogP contribution in [0, 0.1) is 6.92 Å². The molecule has 0 radical (unpaired) electrons. The van der Waals surface area contributed by atoms with Crippen LogP contribution in [0.2, 0.25) is 0 Å². The number of anilines is 2. The first kappa shape index (κ1) is 37.8. The van der Waals surface area contributed by atoms with Crippen LogP contribution in [0.25, 0.3) is 10.8 Å². The minimum atomic E-state index is -4.95. The molecular weight excluding hydrogens is 735 g/mol. The van der Waals surface area contributed by atoms with Gasteiger partial charge in [0, 0.05) is 28.6 Å². The van der Waals surface area contributed by atoms with Crippen LogP contribution in [-0.4, -0.2) is 58.6 Å². The molecule has 52 heavy (non-hydrogen) atoms. The third-order valence-corrected chi connectivity index (χ3v) is 12.2. The van der Waals surface area contributed by atoms with E-state index in [4.69, 9.17) is 4.74 Å². The number of aromatic hydroxyl groups is 2. The quantitative estimate of drug-likeness (QED) is 0.0701. The first-order valence-electron chi connectivity index (χ1n) is 15.4. The van der Waals surface area contributed by atoms with Crippen LogP contribution in [0.3, 0.4) is 0 Å². The van der Waals surface area contributed by atoms with E-state index in [1.54, 1.807) is 18.2 Å². The van der Waals surface area contributed by atoms with Crippen LogP contribution in [0.5, 0.6) is 17.2 Å². The number of sulfone groups is 2. The van der Waals surface area contributed by atoms with E-state index in [1.807, 2.05) is 25.1 Å². The highest BCUT2D eigenvalue weighted by Crippen LogP contribution is 2.45. The molecule has 0 atom stereocenters. The fourth-order valence-electron chi connectivity index (χ4n) is 5.06. The Balaban J connectivity index is 1.64. The van der Waals surface area contributed by atoms with Gasteiger partial charge in [-0.3, -0.25) is 4.55 Å². The molecule has 272 valence electrons. The average molecular weight is 768 g/mol. The van der Waals surface area contributed by atoms with Crippen molar-refractivity contribution in [3.05, 3.63) is 84.4 Å². The predicted molar refractivity (Wildman–Crippen MR) is 195 cm³/mol. The molecule has 0 heterocycles. The summed E-state index contributed by atoms with van der Waals surface area (Å²) in [5.41, 5.74) is 1.61. The molecule has 15 nitrogen and oxygen atoms in total. The van der Waals surface area contributed by atoms with Crippen molar-refractivity contribution in [3.8, 4) is 17.2 Å². The van der Waals surface area contributed by atoms with Crippen molar-refractivity contribution in [2.45, 2.75) is 35.5 Å². The molecular formula is C34H33N5O10S3. The summed E-state index contributed by atoms with van der Waals surface area (Å²) in [7, 11) is -11.2. The highest BCUT2D eigenvalue weighted by Gasteiger charge is 2.23. The lowest BCUT2D eigenvalue weighted by Gasteiger charge is -2.13. The van der Waals surface area contributed by atoms with E-state index in [2.05, 4.69) is 25.8 Å². The summed E-state index contributed by atoms with van der Waals surface area (Å²) in [6.45, 7) is 4.74. The zero-order valence-corrected chi connectivity index (χ0v) is 30.6. The molecule has 0 aliphatic rings. The summed E-state index contributed by atoms with van der Waals surface area (Å²) >= 11 is 0. The second-order valence-corrected chi connectivity index (χ2v) is 17.2. The second-order valence-electron chi connectivity index (χ2n) is 11.3. The van der Waals surface area contributed by atoms with Gasteiger partial charge in [0.05, 0.1) is 29.2 Å². The molecule has 0 aromatic heterocycles. The van der Waals surface area contributed by atoms with Gasteiger partial charge < -0.3 is 20.3 Å². The summed E-state index contributed by atoms with van der Waals surface area (Å²) in [5, 5.41) is 42.1. The first-order chi connectivity index (χ1) is 24.5. The van der Waals surface area contributed by atoms with Crippen LogP contribution < -0.4 is 10.1 Å². The lowest BCUT2D eigenvalue weighted by Crippen LogP contribution is -2.06. The highest BCUT2D eigenvalue weighted by molar-refractivity contribution is 7.91. The normalized spacial score (nSPS) is 12.6. The number of ether oxygens (including phenoxy) is 1. The molecule has 5 rings (SSSR count). The fourth-order valence-corrected chi connectivity index (χ4v) is 7.74. The van der Waals surface area contributed by atoms with Gasteiger partial charge in [-0.05, 0) is 67.1 Å². The number of methoxy groups -OCH3 is 1. The summed E-state index contributed by atoms with van der Waals surface area (Å²) < 4.78 is 89.5. The van der Waals surface area contributed by atoms with Gasteiger partial charge in [0.2, 0.25) is 0 Å². The van der Waals surface area contributed by atoms with Gasteiger partial charge in [-0.25, -0.2) is 16.8 Å². The SMILES string of the molecule is CCS(=O)(=O)c1ccc(/N=N/c2c(Nc3cccc(C)c3)ccc3c(O)c(/N=N/c4cc(OC)c(S(=O)(=O)CC)cc4O)ccc23)c(S(=O)(=O)O)c1. The maximum absolute atomic E-state index is 12.5. The number of phenols is 2. The molecule has 0 aliphatic heterocycles. The first-order valence-corrected chi connectivity index (χ1v) is 20.2. The Morgan fingerprint density at radius 1 is 0.692 bits per heavy atom. The summed E-state index contributed by atoms with van der Waals surface area (Å²) in [4.78, 5) is -1.32. The number of fused-ring (bicyclic) bond motifs is 1. The molecule has 0 saturated heterocycles. The number of phenolic OH excluding ortho intramolecular Hbond substituents is 2. The van der Waals surface area contributed by atoms with Gasteiger partial charge in [0.15, 0.2) is 25.4 Å². The molecule has 4 N–H and O–H groups in total. The molecule has 0 fully saturated rings. The molecule has 18 heteroatoms. The molecule has 0 bridgehead atoms. The van der Waals surface area contributed by atoms with Gasteiger partial charge in [0.25, 0.3) is 10.1 Å². The van der Waals surface area contributed by atoms with E-state index in [0.29, 0.717) is 16.8 Å². The van der Waals surface area contributed by atoms with Crippen LogP contribution in [0.1, 0.15) is 19.4 Å². The third kappa shape index (κ3) is 7.89. The maximum Gasteiger partial charge on any atom is 0.296 e. The van der Waals surface area contributed by atoms with Crippen molar-refractivity contribution < 1.29 is 44.8 Å². The van der Waals surface area contributed by atoms with Gasteiger partial charge in [-0.2, -0.15) is 8.42 Å². The lowest BCUT2D eigenvalue weighted by molar-refractivity contribution is 0.399.